The van der Waals surface area contributed by atoms with Gasteiger partial charge in [-0.3, -0.25) is 0 Å². The second kappa shape index (κ2) is 30.0. The van der Waals surface area contributed by atoms with Gasteiger partial charge in [-0.25, -0.2) is 19.2 Å². The van der Waals surface area contributed by atoms with Gasteiger partial charge in [0.15, 0.2) is 0 Å². The van der Waals surface area contributed by atoms with Crippen LogP contribution in [0.2, 0.25) is 0 Å². The van der Waals surface area contributed by atoms with E-state index in [0.29, 0.717) is 22.3 Å². The summed E-state index contributed by atoms with van der Waals surface area (Å²) in [6, 6.07) is 76.1. The number of aliphatic carboxylic acids is 4. The van der Waals surface area contributed by atoms with Crippen molar-refractivity contribution in [2.45, 2.75) is 13.8 Å². The zero-order valence-corrected chi connectivity index (χ0v) is 50.1. The highest BCUT2D eigenvalue weighted by atomic mass is 16.4. The lowest BCUT2D eigenvalue weighted by molar-refractivity contribution is -0.133. The molecular formula is C80H55N5O8. The van der Waals surface area contributed by atoms with Gasteiger partial charge in [-0.05, 0) is 176 Å². The van der Waals surface area contributed by atoms with Crippen molar-refractivity contribution in [3.05, 3.63) is 336 Å². The molecule has 13 heteroatoms. The third-order valence-electron chi connectivity index (χ3n) is 14.9. The van der Waals surface area contributed by atoms with Crippen molar-refractivity contribution < 1.29 is 39.6 Å². The maximum atomic E-state index is 11.7. The summed E-state index contributed by atoms with van der Waals surface area (Å²) in [5.41, 5.74) is 15.5. The molecule has 0 saturated carbocycles. The monoisotopic (exact) mass is 1210 g/mol. The largest absolute Gasteiger partial charge is 0.477 e. The fourth-order valence-electron chi connectivity index (χ4n) is 9.97. The van der Waals surface area contributed by atoms with Crippen LogP contribution in [-0.2, 0) is 19.2 Å². The zero-order valence-electron chi connectivity index (χ0n) is 50.1. The Morgan fingerprint density at radius 2 is 0.516 bits per heavy atom. The van der Waals surface area contributed by atoms with Crippen molar-refractivity contribution in [1.29, 1.82) is 21.0 Å². The number of hydrogen-bond acceptors (Lipinski definition) is 9. The lowest BCUT2D eigenvalue weighted by atomic mass is 9.93. The van der Waals surface area contributed by atoms with Gasteiger partial charge in [-0.15, -0.1) is 0 Å². The van der Waals surface area contributed by atoms with E-state index >= 15 is 0 Å². The number of nitriles is 4. The number of carboxylic acids is 4. The van der Waals surface area contributed by atoms with Crippen LogP contribution in [0.25, 0.3) is 59.3 Å². The fourth-order valence-corrected chi connectivity index (χ4v) is 9.97. The molecule has 0 bridgehead atoms. The molecule has 0 atom stereocenters. The van der Waals surface area contributed by atoms with E-state index in [9.17, 15) is 60.7 Å². The topological polar surface area (TPSA) is 248 Å². The number of rotatable bonds is 21. The van der Waals surface area contributed by atoms with Gasteiger partial charge >= 0.3 is 23.9 Å². The fraction of sp³-hybridized carbons (Fsp3) is 0.0250. The molecule has 9 aromatic rings. The maximum absolute atomic E-state index is 11.7. The van der Waals surface area contributed by atoms with Gasteiger partial charge in [0.1, 0.15) is 46.6 Å². The van der Waals surface area contributed by atoms with Crippen LogP contribution in [0.15, 0.2) is 253 Å². The quantitative estimate of drug-likeness (QED) is 0.0226. The van der Waals surface area contributed by atoms with Gasteiger partial charge in [0, 0.05) is 17.1 Å². The number of nitrogens with zero attached hydrogens (tertiary/aromatic N) is 5. The van der Waals surface area contributed by atoms with E-state index in [-0.39, 0.29) is 0 Å². The first-order valence-electron chi connectivity index (χ1n) is 28.9. The minimum absolute atomic E-state index is 0.421. The second-order valence-electron chi connectivity index (χ2n) is 21.3. The van der Waals surface area contributed by atoms with E-state index < -0.39 is 46.2 Å². The number of anilines is 3. The molecule has 9 aromatic carbocycles. The highest BCUT2D eigenvalue weighted by Crippen LogP contribution is 2.38. The molecule has 0 spiro atoms. The number of carbonyl (C=O) groups is 4. The van der Waals surface area contributed by atoms with Crippen molar-refractivity contribution in [1.82, 2.24) is 0 Å². The molecular weight excluding hydrogens is 1160 g/mol. The third kappa shape index (κ3) is 16.6. The minimum atomic E-state index is -1.35. The molecule has 0 fully saturated rings. The third-order valence-corrected chi connectivity index (χ3v) is 14.9. The van der Waals surface area contributed by atoms with Crippen molar-refractivity contribution >= 4 is 100 Å². The Morgan fingerprint density at radius 3 is 0.763 bits per heavy atom. The van der Waals surface area contributed by atoms with E-state index in [0.717, 1.165) is 83.9 Å². The molecule has 4 N–H and O–H groups in total. The van der Waals surface area contributed by atoms with E-state index in [4.69, 9.17) is 0 Å². The Labute approximate surface area is 537 Å². The Balaban J connectivity index is 1.12. The van der Waals surface area contributed by atoms with Crippen LogP contribution in [0.5, 0.6) is 0 Å². The van der Waals surface area contributed by atoms with Crippen LogP contribution in [0.1, 0.15) is 83.5 Å². The minimum Gasteiger partial charge on any atom is -0.477 e. The summed E-state index contributed by atoms with van der Waals surface area (Å²) >= 11 is 0. The summed E-state index contributed by atoms with van der Waals surface area (Å²) in [5, 5.41) is 75.8. The molecule has 0 heterocycles. The van der Waals surface area contributed by atoms with Gasteiger partial charge in [0.2, 0.25) is 0 Å². The highest BCUT2D eigenvalue weighted by Gasteiger charge is 2.17. The van der Waals surface area contributed by atoms with E-state index in [1.807, 2.05) is 109 Å². The summed E-state index contributed by atoms with van der Waals surface area (Å²) in [7, 11) is 0. The van der Waals surface area contributed by atoms with Gasteiger partial charge in [-0.1, -0.05) is 211 Å². The maximum Gasteiger partial charge on any atom is 0.346 e. The lowest BCUT2D eigenvalue weighted by Gasteiger charge is -2.26. The Kier molecular flexibility index (Phi) is 20.6. The molecule has 0 saturated heterocycles. The predicted octanol–water partition coefficient (Wildman–Crippen LogP) is 17.1. The standard InChI is InChI=1S/C80H55N5O8/c1-52-6-24-61(25-7-52)74(62-26-8-53(2)9-27-62)5-3-4-54-18-36-71(37-19-54)85(72-38-20-59(21-39-72)46-75(63-28-10-55(11-29-63)42-67(48-81)77(86)87)64-30-12-56(13-31-64)43-68(49-82)78(88)89)73-40-22-60(23-41-73)47-76(65-32-14-57(15-33-65)44-69(50-83)79(90)91)66-34-16-58(17-35-66)45-70(51-84)80(92)93/h3-47H,1-2H3,(H,86,87)(H,88,89)(H,90,91)(H,92,93)/b4-3+,67-42-,68-43+,69-44+,70-45+,75-46?. The summed E-state index contributed by atoms with van der Waals surface area (Å²) in [5.74, 6) is -5.39. The highest BCUT2D eigenvalue weighted by molar-refractivity contribution is 6.00. The van der Waals surface area contributed by atoms with Crippen LogP contribution in [0.4, 0.5) is 17.1 Å². The van der Waals surface area contributed by atoms with Crippen LogP contribution in [0, 0.1) is 59.2 Å². The first-order valence-corrected chi connectivity index (χ1v) is 28.9. The first-order chi connectivity index (χ1) is 45.0. The molecule has 0 amide bonds. The molecule has 93 heavy (non-hydrogen) atoms. The number of benzene rings is 9. The molecule has 9 rings (SSSR count). The van der Waals surface area contributed by atoms with Crippen molar-refractivity contribution in [2.24, 2.45) is 0 Å². The predicted molar refractivity (Wildman–Crippen MR) is 364 cm³/mol. The number of carboxylic acid groups (broad SMARTS) is 4. The Bertz CT molecular complexity index is 4300. The van der Waals surface area contributed by atoms with E-state index in [2.05, 4.69) is 110 Å². The molecule has 0 unspecified atom stereocenters. The van der Waals surface area contributed by atoms with Crippen LogP contribution < -0.4 is 4.90 Å². The molecule has 0 radical (unpaired) electrons. The van der Waals surface area contributed by atoms with Gasteiger partial charge in [0.05, 0.1) is 0 Å². The summed E-state index contributed by atoms with van der Waals surface area (Å²) in [6.07, 6.45) is 15.4. The van der Waals surface area contributed by atoms with E-state index in [1.54, 1.807) is 72.8 Å². The zero-order chi connectivity index (χ0) is 66.0. The molecule has 448 valence electrons. The van der Waals surface area contributed by atoms with Crippen LogP contribution in [0.3, 0.4) is 0 Å². The van der Waals surface area contributed by atoms with Gasteiger partial charge in [-0.2, -0.15) is 21.0 Å². The van der Waals surface area contributed by atoms with Crippen LogP contribution >= 0.6 is 0 Å². The average molecular weight is 1210 g/mol. The average Bonchev–Trinajstić information content (AvgIpc) is 1.07. The smallest absolute Gasteiger partial charge is 0.346 e. The first kappa shape index (κ1) is 64.0. The molecule has 0 aliphatic carbocycles. The molecule has 0 aliphatic rings. The second-order valence-corrected chi connectivity index (χ2v) is 21.3. The lowest BCUT2D eigenvalue weighted by Crippen LogP contribution is -2.09. The molecule has 0 aliphatic heterocycles. The van der Waals surface area contributed by atoms with Crippen molar-refractivity contribution in [2.75, 3.05) is 4.90 Å². The van der Waals surface area contributed by atoms with Crippen molar-refractivity contribution in [3.8, 4) is 24.3 Å². The SMILES string of the molecule is Cc1ccc(C(=C/C=C/c2ccc(N(c3ccc(C=C(c4ccc(/C=C(/C#N)C(=O)O)cc4)c4ccc(/C=C(\C#N)C(=O)O)cc4)cc3)c3ccc(C=C(c4ccc(/C=C(\C#N)C(=O)O)cc4)c4ccc(/C=C(\C#N)C(=O)O)cc4)cc3)cc2)c2ccc(C)cc2)cc1. The summed E-state index contributed by atoms with van der Waals surface area (Å²) in [4.78, 5) is 48.8. The van der Waals surface area contributed by atoms with Crippen molar-refractivity contribution in [3.63, 3.8) is 0 Å². The normalized spacial score (nSPS) is 11.7. The summed E-state index contributed by atoms with van der Waals surface area (Å²) < 4.78 is 0. The number of allylic oxidation sites excluding steroid dienone is 2. The molecule has 0 aromatic heterocycles. The number of hydrogen-bond donors (Lipinski definition) is 4. The van der Waals surface area contributed by atoms with Gasteiger partial charge in [0.25, 0.3) is 0 Å². The van der Waals surface area contributed by atoms with E-state index in [1.165, 1.54) is 35.4 Å². The molecule has 13 nitrogen and oxygen atoms in total. The van der Waals surface area contributed by atoms with Gasteiger partial charge < -0.3 is 25.3 Å². The summed E-state index contributed by atoms with van der Waals surface area (Å²) in [6.45, 7) is 4.14. The Hall–Kier alpha value is -13.5. The Morgan fingerprint density at radius 1 is 0.301 bits per heavy atom. The number of aryl methyl sites for hydroxylation is 2. The van der Waals surface area contributed by atoms with Crippen LogP contribution in [-0.4, -0.2) is 44.3 Å².